The van der Waals surface area contributed by atoms with Gasteiger partial charge < -0.3 is 4.74 Å². The van der Waals surface area contributed by atoms with Crippen LogP contribution in [-0.4, -0.2) is 65.0 Å². The van der Waals surface area contributed by atoms with Crippen LogP contribution in [0, 0.1) is 13.8 Å². The lowest BCUT2D eigenvalue weighted by atomic mass is 10.2. The third kappa shape index (κ3) is 4.19. The van der Waals surface area contributed by atoms with Crippen LogP contribution in [0.3, 0.4) is 0 Å². The van der Waals surface area contributed by atoms with Gasteiger partial charge in [0, 0.05) is 33.2 Å². The summed E-state index contributed by atoms with van der Waals surface area (Å²) in [6.45, 7) is 9.03. The van der Waals surface area contributed by atoms with Crippen molar-refractivity contribution in [2.24, 2.45) is 7.05 Å². The Morgan fingerprint density at radius 1 is 1.24 bits per heavy atom. The first-order valence-corrected chi connectivity index (χ1v) is 10.8. The second-order valence-electron chi connectivity index (χ2n) is 7.48. The van der Waals surface area contributed by atoms with Crippen molar-refractivity contribution in [2.75, 3.05) is 44.3 Å². The highest BCUT2D eigenvalue weighted by Crippen LogP contribution is 2.31. The van der Waals surface area contributed by atoms with Crippen LogP contribution < -0.4 is 4.90 Å². The van der Waals surface area contributed by atoms with Gasteiger partial charge in [-0.1, -0.05) is 23.5 Å². The topological polar surface area (TPSA) is 63.5 Å². The van der Waals surface area contributed by atoms with E-state index >= 15 is 0 Å². The first-order valence-electron chi connectivity index (χ1n) is 10.0. The van der Waals surface area contributed by atoms with E-state index in [1.807, 2.05) is 24.9 Å². The maximum absolute atomic E-state index is 13.5. The first-order chi connectivity index (χ1) is 14.0. The number of amides is 1. The van der Waals surface area contributed by atoms with Crippen molar-refractivity contribution in [1.82, 2.24) is 19.7 Å². The third-order valence-corrected chi connectivity index (χ3v) is 6.41. The van der Waals surface area contributed by atoms with E-state index in [9.17, 15) is 4.79 Å². The number of para-hydroxylation sites is 1. The zero-order valence-electron chi connectivity index (χ0n) is 17.2. The van der Waals surface area contributed by atoms with Gasteiger partial charge in [0.15, 0.2) is 5.13 Å². The standard InChI is InChI=1S/C21H27N5O2S/c1-15-6-4-7-17-18(15)23-21(29-17)26(9-5-8-25-10-12-28-13-11-25)20(27)19-16(2)14-22-24(19)3/h4,6-7,14H,5,8-13H2,1-3H3. The van der Waals surface area contributed by atoms with Gasteiger partial charge in [-0.25, -0.2) is 4.98 Å². The number of thiazole rings is 1. The van der Waals surface area contributed by atoms with E-state index in [1.165, 1.54) is 0 Å². The second-order valence-corrected chi connectivity index (χ2v) is 8.49. The smallest absolute Gasteiger partial charge is 0.278 e. The minimum atomic E-state index is -0.0406. The fraction of sp³-hybridized carbons (Fsp3) is 0.476. The van der Waals surface area contributed by atoms with Crippen molar-refractivity contribution in [3.8, 4) is 0 Å². The largest absolute Gasteiger partial charge is 0.379 e. The molecule has 2 aromatic heterocycles. The molecule has 0 spiro atoms. The van der Waals surface area contributed by atoms with Crippen LogP contribution in [0.4, 0.5) is 5.13 Å². The summed E-state index contributed by atoms with van der Waals surface area (Å²) >= 11 is 1.57. The molecular formula is C21H27N5O2S. The normalized spacial score (nSPS) is 15.1. The maximum atomic E-state index is 13.5. The predicted octanol–water partition coefficient (Wildman–Crippen LogP) is 3.02. The molecule has 0 N–H and O–H groups in total. The van der Waals surface area contributed by atoms with Crippen molar-refractivity contribution < 1.29 is 9.53 Å². The molecule has 1 amide bonds. The van der Waals surface area contributed by atoms with E-state index in [1.54, 1.807) is 22.2 Å². The molecule has 4 rings (SSSR count). The molecule has 7 nitrogen and oxygen atoms in total. The number of aromatic nitrogens is 3. The summed E-state index contributed by atoms with van der Waals surface area (Å²) in [6.07, 6.45) is 2.62. The van der Waals surface area contributed by atoms with Crippen molar-refractivity contribution in [1.29, 1.82) is 0 Å². The summed E-state index contributed by atoms with van der Waals surface area (Å²) in [4.78, 5) is 22.5. The molecule has 1 aliphatic heterocycles. The third-order valence-electron chi connectivity index (χ3n) is 5.37. The number of ether oxygens (including phenoxy) is 1. The van der Waals surface area contributed by atoms with Gasteiger partial charge in [0.05, 0.1) is 29.6 Å². The van der Waals surface area contributed by atoms with Crippen molar-refractivity contribution >= 4 is 32.6 Å². The molecule has 1 aromatic carbocycles. The van der Waals surface area contributed by atoms with Gasteiger partial charge in [-0.15, -0.1) is 0 Å². The summed E-state index contributed by atoms with van der Waals surface area (Å²) < 4.78 is 8.19. The average molecular weight is 414 g/mol. The Labute approximate surface area is 174 Å². The summed E-state index contributed by atoms with van der Waals surface area (Å²) in [5.74, 6) is -0.0406. The minimum Gasteiger partial charge on any atom is -0.379 e. The summed E-state index contributed by atoms with van der Waals surface area (Å²) in [5.41, 5.74) is 3.60. The molecule has 0 saturated carbocycles. The molecule has 3 heterocycles. The van der Waals surface area contributed by atoms with Gasteiger partial charge in [-0.2, -0.15) is 5.10 Å². The molecule has 1 fully saturated rings. The van der Waals surface area contributed by atoms with Gasteiger partial charge in [-0.3, -0.25) is 19.3 Å². The number of benzene rings is 1. The molecule has 154 valence electrons. The molecule has 0 atom stereocenters. The van der Waals surface area contributed by atoms with Gasteiger partial charge in [0.25, 0.3) is 5.91 Å². The zero-order chi connectivity index (χ0) is 20.4. The molecule has 0 bridgehead atoms. The molecule has 0 radical (unpaired) electrons. The van der Waals surface area contributed by atoms with Gasteiger partial charge in [0.1, 0.15) is 5.69 Å². The number of morpholine rings is 1. The molecule has 3 aromatic rings. The molecule has 8 heteroatoms. The Balaban J connectivity index is 1.60. The highest BCUT2D eigenvalue weighted by Gasteiger charge is 2.25. The minimum absolute atomic E-state index is 0.0406. The lowest BCUT2D eigenvalue weighted by molar-refractivity contribution is 0.0376. The summed E-state index contributed by atoms with van der Waals surface area (Å²) in [5, 5.41) is 5.01. The van der Waals surface area contributed by atoms with E-state index in [0.29, 0.717) is 12.2 Å². The van der Waals surface area contributed by atoms with Crippen LogP contribution >= 0.6 is 11.3 Å². The van der Waals surface area contributed by atoms with E-state index in [-0.39, 0.29) is 5.91 Å². The van der Waals surface area contributed by atoms with Crippen molar-refractivity contribution in [3.05, 3.63) is 41.2 Å². The van der Waals surface area contributed by atoms with Crippen LogP contribution in [0.15, 0.2) is 24.4 Å². The Bertz CT molecular complexity index is 986. The Morgan fingerprint density at radius 2 is 2.03 bits per heavy atom. The number of anilines is 1. The van der Waals surface area contributed by atoms with E-state index < -0.39 is 0 Å². The van der Waals surface area contributed by atoms with Gasteiger partial charge in [0.2, 0.25) is 0 Å². The maximum Gasteiger partial charge on any atom is 0.278 e. The number of hydrogen-bond donors (Lipinski definition) is 0. The fourth-order valence-corrected chi connectivity index (χ4v) is 4.80. The predicted molar refractivity (Wildman–Crippen MR) is 116 cm³/mol. The number of rotatable bonds is 6. The molecule has 1 saturated heterocycles. The van der Waals surface area contributed by atoms with Crippen molar-refractivity contribution in [3.63, 3.8) is 0 Å². The molecule has 0 unspecified atom stereocenters. The first kappa shape index (κ1) is 20.0. The van der Waals surface area contributed by atoms with Gasteiger partial charge in [-0.05, 0) is 37.5 Å². The highest BCUT2D eigenvalue weighted by molar-refractivity contribution is 7.22. The van der Waals surface area contributed by atoms with E-state index in [0.717, 1.165) is 65.7 Å². The Kier molecular flexibility index (Phi) is 5.94. The lowest BCUT2D eigenvalue weighted by Crippen LogP contribution is -2.39. The molecular weight excluding hydrogens is 386 g/mol. The lowest BCUT2D eigenvalue weighted by Gasteiger charge is -2.27. The average Bonchev–Trinajstić information content (AvgIpc) is 3.29. The number of hydrogen-bond acceptors (Lipinski definition) is 6. The van der Waals surface area contributed by atoms with Crippen LogP contribution in [0.25, 0.3) is 10.2 Å². The molecule has 29 heavy (non-hydrogen) atoms. The van der Waals surface area contributed by atoms with Crippen LogP contribution in [0.2, 0.25) is 0 Å². The SMILES string of the molecule is Cc1cnn(C)c1C(=O)N(CCCN1CCOCC1)c1nc2c(C)cccc2s1. The number of fused-ring (bicyclic) bond motifs is 1. The Morgan fingerprint density at radius 3 is 2.72 bits per heavy atom. The van der Waals surface area contributed by atoms with Crippen LogP contribution in [-0.2, 0) is 11.8 Å². The monoisotopic (exact) mass is 413 g/mol. The zero-order valence-corrected chi connectivity index (χ0v) is 18.0. The van der Waals surface area contributed by atoms with Crippen LogP contribution in [0.5, 0.6) is 0 Å². The van der Waals surface area contributed by atoms with Crippen LogP contribution in [0.1, 0.15) is 28.0 Å². The summed E-state index contributed by atoms with van der Waals surface area (Å²) in [7, 11) is 1.81. The van der Waals surface area contributed by atoms with Gasteiger partial charge >= 0.3 is 0 Å². The molecule has 1 aliphatic rings. The quantitative estimate of drug-likeness (QED) is 0.622. The number of aryl methyl sites for hydroxylation is 3. The Hall–Kier alpha value is -2.29. The molecule has 0 aliphatic carbocycles. The fourth-order valence-electron chi connectivity index (χ4n) is 3.73. The highest BCUT2D eigenvalue weighted by atomic mass is 32.1. The van der Waals surface area contributed by atoms with Crippen molar-refractivity contribution in [2.45, 2.75) is 20.3 Å². The number of carbonyl (C=O) groups is 1. The number of nitrogens with zero attached hydrogens (tertiary/aromatic N) is 5. The van der Waals surface area contributed by atoms with E-state index in [4.69, 9.17) is 9.72 Å². The van der Waals surface area contributed by atoms with E-state index in [2.05, 4.69) is 29.1 Å². The number of carbonyl (C=O) groups excluding carboxylic acids is 1. The summed E-state index contributed by atoms with van der Waals surface area (Å²) in [6, 6.07) is 6.16. The second kappa shape index (κ2) is 8.61.